The second kappa shape index (κ2) is 9.23. The zero-order valence-electron chi connectivity index (χ0n) is 19.4. The molecule has 4 rings (SSSR count). The van der Waals surface area contributed by atoms with Crippen LogP contribution in [-0.2, 0) is 14.4 Å². The molecule has 0 fully saturated rings. The highest BCUT2D eigenvalue weighted by Gasteiger charge is 2.40. The van der Waals surface area contributed by atoms with Crippen molar-refractivity contribution in [1.82, 2.24) is 0 Å². The molecule has 3 aromatic carbocycles. The second-order valence-electron chi connectivity index (χ2n) is 8.12. The predicted octanol–water partition coefficient (Wildman–Crippen LogP) is 4.67. The van der Waals surface area contributed by atoms with Crippen molar-refractivity contribution in [3.05, 3.63) is 89.1 Å². The van der Waals surface area contributed by atoms with Gasteiger partial charge in [0.15, 0.2) is 0 Å². The summed E-state index contributed by atoms with van der Waals surface area (Å²) in [6, 6.07) is 19.6. The lowest BCUT2D eigenvalue weighted by Crippen LogP contribution is -2.32. The largest absolute Gasteiger partial charge is 0.495 e. The number of nitrogens with one attached hydrogen (secondary N) is 2. The highest BCUT2D eigenvalue weighted by Crippen LogP contribution is 2.36. The number of methoxy groups -OCH3 is 1. The summed E-state index contributed by atoms with van der Waals surface area (Å²) in [5.41, 5.74) is 4.52. The lowest BCUT2D eigenvalue weighted by molar-refractivity contribution is -0.120. The molecule has 0 unspecified atom stereocenters. The van der Waals surface area contributed by atoms with E-state index in [0.717, 1.165) is 11.1 Å². The topological polar surface area (TPSA) is 87.7 Å². The number of anilines is 3. The van der Waals surface area contributed by atoms with Gasteiger partial charge in [-0.3, -0.25) is 14.4 Å². The smallest absolute Gasteiger partial charge is 0.282 e. The molecule has 172 valence electrons. The van der Waals surface area contributed by atoms with Crippen molar-refractivity contribution in [2.45, 2.75) is 20.8 Å². The molecule has 3 aromatic rings. The van der Waals surface area contributed by atoms with Gasteiger partial charge >= 0.3 is 0 Å². The van der Waals surface area contributed by atoms with E-state index >= 15 is 0 Å². The van der Waals surface area contributed by atoms with Crippen LogP contribution in [0.5, 0.6) is 5.75 Å². The van der Waals surface area contributed by atoms with Crippen LogP contribution in [0.15, 0.2) is 72.4 Å². The van der Waals surface area contributed by atoms with Crippen molar-refractivity contribution in [1.29, 1.82) is 0 Å². The second-order valence-corrected chi connectivity index (χ2v) is 8.12. The summed E-state index contributed by atoms with van der Waals surface area (Å²) in [6.45, 7) is 5.26. The number of nitrogens with zero attached hydrogens (tertiary/aromatic N) is 1. The Kier molecular flexibility index (Phi) is 6.19. The zero-order valence-corrected chi connectivity index (χ0v) is 19.4. The van der Waals surface area contributed by atoms with E-state index in [-0.39, 0.29) is 17.2 Å². The SMILES string of the molecule is COc1ccc(C)cc1NC1=C(c2ccc(NC(C)=O)cc2)C(=O)N(c2cccc(C)c2)C1=O. The minimum Gasteiger partial charge on any atom is -0.495 e. The fourth-order valence-electron chi connectivity index (χ4n) is 3.89. The third kappa shape index (κ3) is 4.41. The molecular formula is C27H25N3O4. The lowest BCUT2D eigenvalue weighted by atomic mass is 10.0. The first-order valence-electron chi connectivity index (χ1n) is 10.8. The van der Waals surface area contributed by atoms with Crippen molar-refractivity contribution < 1.29 is 19.1 Å². The Balaban J connectivity index is 1.83. The first kappa shape index (κ1) is 22.8. The summed E-state index contributed by atoms with van der Waals surface area (Å²) in [6.07, 6.45) is 0. The third-order valence-corrected chi connectivity index (χ3v) is 5.45. The molecule has 0 bridgehead atoms. The minimum absolute atomic E-state index is 0.155. The Labute approximate surface area is 198 Å². The van der Waals surface area contributed by atoms with Crippen LogP contribution < -0.4 is 20.3 Å². The van der Waals surface area contributed by atoms with E-state index in [0.29, 0.717) is 28.4 Å². The highest BCUT2D eigenvalue weighted by molar-refractivity contribution is 6.46. The van der Waals surface area contributed by atoms with Crippen molar-refractivity contribution in [2.24, 2.45) is 0 Å². The number of carbonyl (C=O) groups is 3. The van der Waals surface area contributed by atoms with Crippen molar-refractivity contribution in [3.63, 3.8) is 0 Å². The third-order valence-electron chi connectivity index (χ3n) is 5.45. The summed E-state index contributed by atoms with van der Waals surface area (Å²) >= 11 is 0. The maximum atomic E-state index is 13.6. The molecule has 0 atom stereocenters. The molecular weight excluding hydrogens is 430 g/mol. The van der Waals surface area contributed by atoms with Gasteiger partial charge in [-0.05, 0) is 66.9 Å². The Hall–Kier alpha value is -4.39. The van der Waals surface area contributed by atoms with Crippen LogP contribution in [0.4, 0.5) is 17.1 Å². The summed E-state index contributed by atoms with van der Waals surface area (Å²) < 4.78 is 5.46. The van der Waals surface area contributed by atoms with Crippen LogP contribution >= 0.6 is 0 Å². The monoisotopic (exact) mass is 455 g/mol. The summed E-state index contributed by atoms with van der Waals surface area (Å²) in [5, 5.41) is 5.87. The minimum atomic E-state index is -0.458. The number of rotatable bonds is 6. The van der Waals surface area contributed by atoms with Gasteiger partial charge in [0, 0.05) is 12.6 Å². The van der Waals surface area contributed by atoms with E-state index in [4.69, 9.17) is 4.74 Å². The van der Waals surface area contributed by atoms with Crippen molar-refractivity contribution in [2.75, 3.05) is 22.6 Å². The molecule has 34 heavy (non-hydrogen) atoms. The van der Waals surface area contributed by atoms with E-state index < -0.39 is 11.8 Å². The Bertz CT molecular complexity index is 1330. The summed E-state index contributed by atoms with van der Waals surface area (Å²) in [4.78, 5) is 39.8. The number of imide groups is 1. The highest BCUT2D eigenvalue weighted by atomic mass is 16.5. The van der Waals surface area contributed by atoms with Crippen LogP contribution in [0.1, 0.15) is 23.6 Å². The van der Waals surface area contributed by atoms with Gasteiger partial charge in [0.25, 0.3) is 11.8 Å². The van der Waals surface area contributed by atoms with Crippen LogP contribution in [0.25, 0.3) is 5.57 Å². The van der Waals surface area contributed by atoms with Gasteiger partial charge in [-0.15, -0.1) is 0 Å². The average Bonchev–Trinajstić information content (AvgIpc) is 3.03. The number of carbonyl (C=O) groups excluding carboxylic acids is 3. The molecule has 7 nitrogen and oxygen atoms in total. The normalized spacial score (nSPS) is 13.4. The molecule has 1 heterocycles. The predicted molar refractivity (Wildman–Crippen MR) is 133 cm³/mol. The quantitative estimate of drug-likeness (QED) is 0.528. The maximum absolute atomic E-state index is 13.6. The van der Waals surface area contributed by atoms with E-state index in [1.807, 2.05) is 38.1 Å². The van der Waals surface area contributed by atoms with E-state index in [1.165, 1.54) is 11.8 Å². The number of amides is 3. The Morgan fingerprint density at radius 3 is 2.24 bits per heavy atom. The van der Waals surface area contributed by atoms with Gasteiger partial charge in [0.2, 0.25) is 5.91 Å². The van der Waals surface area contributed by atoms with Crippen LogP contribution in [0.3, 0.4) is 0 Å². The molecule has 7 heteroatoms. The van der Waals surface area contributed by atoms with Gasteiger partial charge in [-0.1, -0.05) is 30.3 Å². The molecule has 0 saturated heterocycles. The zero-order chi connectivity index (χ0) is 24.4. The van der Waals surface area contributed by atoms with Crippen LogP contribution in [0.2, 0.25) is 0 Å². The lowest BCUT2D eigenvalue weighted by Gasteiger charge is -2.16. The maximum Gasteiger partial charge on any atom is 0.282 e. The molecule has 0 aromatic heterocycles. The molecule has 3 amide bonds. The van der Waals surface area contributed by atoms with Crippen LogP contribution in [0, 0.1) is 13.8 Å². The average molecular weight is 456 g/mol. The van der Waals surface area contributed by atoms with Crippen molar-refractivity contribution >= 4 is 40.4 Å². The molecule has 0 spiro atoms. The number of aryl methyl sites for hydroxylation is 2. The van der Waals surface area contributed by atoms with Crippen molar-refractivity contribution in [3.8, 4) is 5.75 Å². The van der Waals surface area contributed by atoms with E-state index in [1.54, 1.807) is 49.6 Å². The van der Waals surface area contributed by atoms with Gasteiger partial charge < -0.3 is 15.4 Å². The number of hydrogen-bond donors (Lipinski definition) is 2. The first-order chi connectivity index (χ1) is 16.3. The molecule has 0 radical (unpaired) electrons. The fourth-order valence-corrected chi connectivity index (χ4v) is 3.89. The van der Waals surface area contributed by atoms with E-state index in [2.05, 4.69) is 10.6 Å². The molecule has 1 aliphatic rings. The number of ether oxygens (including phenoxy) is 1. The molecule has 1 aliphatic heterocycles. The molecule has 2 N–H and O–H groups in total. The van der Waals surface area contributed by atoms with E-state index in [9.17, 15) is 14.4 Å². The molecule has 0 aliphatic carbocycles. The van der Waals surface area contributed by atoms with Gasteiger partial charge in [0.1, 0.15) is 11.4 Å². The molecule has 0 saturated carbocycles. The summed E-state index contributed by atoms with van der Waals surface area (Å²) in [5.74, 6) is -0.539. The van der Waals surface area contributed by atoms with Gasteiger partial charge in [-0.25, -0.2) is 4.90 Å². The number of hydrogen-bond acceptors (Lipinski definition) is 5. The van der Waals surface area contributed by atoms with Gasteiger partial charge in [-0.2, -0.15) is 0 Å². The van der Waals surface area contributed by atoms with Gasteiger partial charge in [0.05, 0.1) is 24.1 Å². The first-order valence-corrected chi connectivity index (χ1v) is 10.8. The summed E-state index contributed by atoms with van der Waals surface area (Å²) in [7, 11) is 1.55. The number of benzene rings is 3. The van der Waals surface area contributed by atoms with Crippen LogP contribution in [-0.4, -0.2) is 24.8 Å². The Morgan fingerprint density at radius 2 is 1.59 bits per heavy atom. The fraction of sp³-hybridized carbons (Fsp3) is 0.148. The standard InChI is InChI=1S/C27H25N3O4/c1-16-6-5-7-21(14-16)30-26(32)24(19-9-11-20(12-10-19)28-18(3)31)25(27(30)33)29-22-15-17(2)8-13-23(22)34-4/h5-15,29H,1-4H3,(H,28,31). The Morgan fingerprint density at radius 1 is 0.882 bits per heavy atom.